The molecule has 1 aliphatic heterocycles. The van der Waals surface area contributed by atoms with Gasteiger partial charge >= 0.3 is 0 Å². The highest BCUT2D eigenvalue weighted by Gasteiger charge is 2.16. The molecule has 0 atom stereocenters. The summed E-state index contributed by atoms with van der Waals surface area (Å²) in [7, 11) is 0. The Morgan fingerprint density at radius 2 is 1.50 bits per heavy atom. The van der Waals surface area contributed by atoms with Crippen molar-refractivity contribution in [2.24, 2.45) is 5.92 Å². The van der Waals surface area contributed by atoms with Gasteiger partial charge < -0.3 is 20.1 Å². The van der Waals surface area contributed by atoms with Gasteiger partial charge in [0.2, 0.25) is 5.91 Å². The maximum atomic E-state index is 12.6. The molecule has 4 rings (SSSR count). The fourth-order valence-electron chi connectivity index (χ4n) is 4.06. The third-order valence-corrected chi connectivity index (χ3v) is 6.15. The number of anilines is 3. The summed E-state index contributed by atoms with van der Waals surface area (Å²) in [5.74, 6) is 0.254. The summed E-state index contributed by atoms with van der Waals surface area (Å²) in [4.78, 5) is 39.2. The number of nitrogens with one attached hydrogen (secondary N) is 2. The van der Waals surface area contributed by atoms with Gasteiger partial charge in [-0.15, -0.1) is 0 Å². The number of aromatic nitrogens is 1. The lowest BCUT2D eigenvalue weighted by atomic mass is 9.99. The summed E-state index contributed by atoms with van der Waals surface area (Å²) >= 11 is 0. The molecule has 3 aromatic rings. The number of rotatable bonds is 6. The number of pyridine rings is 1. The van der Waals surface area contributed by atoms with Crippen LogP contribution in [0.25, 0.3) is 0 Å². The number of aryl methyl sites for hydroxylation is 1. The van der Waals surface area contributed by atoms with Crippen molar-refractivity contribution in [3.8, 4) is 0 Å². The zero-order valence-corrected chi connectivity index (χ0v) is 19.6. The first-order chi connectivity index (χ1) is 16.4. The summed E-state index contributed by atoms with van der Waals surface area (Å²) in [6.45, 7) is 6.22. The Hall–Kier alpha value is -3.87. The van der Waals surface area contributed by atoms with Crippen molar-refractivity contribution in [2.75, 3.05) is 28.6 Å². The van der Waals surface area contributed by atoms with Crippen LogP contribution in [0, 0.1) is 12.8 Å². The molecule has 0 aliphatic carbocycles. The van der Waals surface area contributed by atoms with Gasteiger partial charge in [0.1, 0.15) is 6.54 Å². The molecular weight excluding hydrogens is 428 g/mol. The van der Waals surface area contributed by atoms with Crippen LogP contribution in [0.1, 0.15) is 35.7 Å². The van der Waals surface area contributed by atoms with Crippen molar-refractivity contribution >= 4 is 28.9 Å². The topological polar surface area (TPSA) is 83.4 Å². The molecule has 1 fully saturated rings. The first kappa shape index (κ1) is 23.3. The van der Waals surface area contributed by atoms with Crippen LogP contribution in [0.3, 0.4) is 0 Å². The second-order valence-electron chi connectivity index (χ2n) is 8.97. The molecular formula is C27H30N4O3. The van der Waals surface area contributed by atoms with Gasteiger partial charge in [-0.25, -0.2) is 0 Å². The Labute approximate surface area is 199 Å². The van der Waals surface area contributed by atoms with E-state index in [9.17, 15) is 14.4 Å². The lowest BCUT2D eigenvalue weighted by Gasteiger charge is -2.32. The van der Waals surface area contributed by atoms with Gasteiger partial charge in [0, 0.05) is 48.0 Å². The zero-order chi connectivity index (χ0) is 24.1. The average Bonchev–Trinajstić information content (AvgIpc) is 2.83. The van der Waals surface area contributed by atoms with E-state index in [1.165, 1.54) is 29.2 Å². The minimum Gasteiger partial charge on any atom is -0.372 e. The lowest BCUT2D eigenvalue weighted by molar-refractivity contribution is -0.116. The second kappa shape index (κ2) is 10.4. The van der Waals surface area contributed by atoms with Crippen molar-refractivity contribution in [1.82, 2.24) is 4.57 Å². The molecule has 0 saturated carbocycles. The Kier molecular flexibility index (Phi) is 7.11. The molecule has 2 N–H and O–H groups in total. The highest BCUT2D eigenvalue weighted by atomic mass is 16.2. The highest BCUT2D eigenvalue weighted by Crippen LogP contribution is 2.24. The second-order valence-corrected chi connectivity index (χ2v) is 8.97. The van der Waals surface area contributed by atoms with E-state index in [0.29, 0.717) is 11.3 Å². The lowest BCUT2D eigenvalue weighted by Crippen LogP contribution is -2.32. The van der Waals surface area contributed by atoms with Crippen molar-refractivity contribution in [3.05, 3.63) is 88.3 Å². The third kappa shape index (κ3) is 5.92. The van der Waals surface area contributed by atoms with Gasteiger partial charge in [0.25, 0.3) is 11.5 Å². The van der Waals surface area contributed by atoms with Crippen LogP contribution in [0.5, 0.6) is 0 Å². The van der Waals surface area contributed by atoms with Crippen LogP contribution in [0.15, 0.2) is 71.7 Å². The quantitative estimate of drug-likeness (QED) is 0.577. The molecule has 0 spiro atoms. The highest BCUT2D eigenvalue weighted by molar-refractivity contribution is 6.04. The Morgan fingerprint density at radius 3 is 2.18 bits per heavy atom. The molecule has 34 heavy (non-hydrogen) atoms. The van der Waals surface area contributed by atoms with Crippen molar-refractivity contribution in [2.45, 2.75) is 33.2 Å². The Bertz CT molecular complexity index is 1210. The summed E-state index contributed by atoms with van der Waals surface area (Å²) < 4.78 is 1.36. The Morgan fingerprint density at radius 1 is 0.882 bits per heavy atom. The van der Waals surface area contributed by atoms with E-state index in [4.69, 9.17) is 0 Å². The fourth-order valence-corrected chi connectivity index (χ4v) is 4.06. The van der Waals surface area contributed by atoms with Gasteiger partial charge in [-0.05, 0) is 79.8 Å². The number of carbonyl (C=O) groups excluding carboxylic acids is 2. The molecule has 0 radical (unpaired) electrons. The summed E-state index contributed by atoms with van der Waals surface area (Å²) in [5, 5.41) is 5.67. The monoisotopic (exact) mass is 458 g/mol. The number of benzene rings is 2. The number of carbonyl (C=O) groups is 2. The third-order valence-electron chi connectivity index (χ3n) is 6.15. The van der Waals surface area contributed by atoms with Crippen molar-refractivity contribution < 1.29 is 9.59 Å². The van der Waals surface area contributed by atoms with E-state index in [1.807, 2.05) is 31.2 Å². The van der Waals surface area contributed by atoms with E-state index >= 15 is 0 Å². The van der Waals surface area contributed by atoms with E-state index < -0.39 is 0 Å². The number of nitrogens with zero attached hydrogens (tertiary/aromatic N) is 2. The van der Waals surface area contributed by atoms with Crippen molar-refractivity contribution in [1.29, 1.82) is 0 Å². The van der Waals surface area contributed by atoms with Crippen molar-refractivity contribution in [3.63, 3.8) is 0 Å². The molecule has 0 unspecified atom stereocenters. The standard InChI is InChI=1S/C27H30N4O3/c1-19-13-15-30(16-14-19)24-10-8-23(9-11-24)29-27(34)21-4-6-22(7-5-21)28-25(32)18-31-17-20(2)3-12-26(31)33/h3-12,17,19H,13-16,18H2,1-2H3,(H,28,32)(H,29,34). The summed E-state index contributed by atoms with van der Waals surface area (Å²) in [6, 6.07) is 17.8. The van der Waals surface area contributed by atoms with Crippen LogP contribution >= 0.6 is 0 Å². The van der Waals surface area contributed by atoms with Crippen LogP contribution in [0.4, 0.5) is 17.1 Å². The van der Waals surface area contributed by atoms with Gasteiger partial charge in [-0.1, -0.05) is 13.0 Å². The first-order valence-corrected chi connectivity index (χ1v) is 11.6. The Balaban J connectivity index is 1.31. The molecule has 2 aromatic carbocycles. The SMILES string of the molecule is Cc1ccc(=O)n(CC(=O)Nc2ccc(C(=O)Nc3ccc(N4CCC(C)CC4)cc3)cc2)c1. The smallest absolute Gasteiger partial charge is 0.255 e. The van der Waals surface area contributed by atoms with Crippen LogP contribution in [-0.2, 0) is 11.3 Å². The van der Waals surface area contributed by atoms with E-state index in [1.54, 1.807) is 36.5 Å². The molecule has 1 aromatic heterocycles. The van der Waals surface area contributed by atoms with Crippen LogP contribution in [-0.4, -0.2) is 29.5 Å². The van der Waals surface area contributed by atoms with Gasteiger partial charge in [-0.2, -0.15) is 0 Å². The maximum Gasteiger partial charge on any atom is 0.255 e. The van der Waals surface area contributed by atoms with E-state index in [2.05, 4.69) is 22.5 Å². The molecule has 7 nitrogen and oxygen atoms in total. The zero-order valence-electron chi connectivity index (χ0n) is 19.6. The van der Waals surface area contributed by atoms with E-state index in [0.717, 1.165) is 30.3 Å². The molecule has 2 amide bonds. The number of hydrogen-bond donors (Lipinski definition) is 2. The summed E-state index contributed by atoms with van der Waals surface area (Å²) in [5.41, 5.74) is 3.63. The van der Waals surface area contributed by atoms with E-state index in [-0.39, 0.29) is 23.9 Å². The van der Waals surface area contributed by atoms with Crippen LogP contribution in [0.2, 0.25) is 0 Å². The maximum absolute atomic E-state index is 12.6. The molecule has 1 aliphatic rings. The minimum atomic E-state index is -0.312. The fraction of sp³-hybridized carbons (Fsp3) is 0.296. The molecule has 176 valence electrons. The number of piperidine rings is 1. The predicted octanol–water partition coefficient (Wildman–Crippen LogP) is 4.28. The molecule has 7 heteroatoms. The molecule has 2 heterocycles. The number of hydrogen-bond acceptors (Lipinski definition) is 4. The predicted molar refractivity (Wildman–Crippen MR) is 136 cm³/mol. The first-order valence-electron chi connectivity index (χ1n) is 11.6. The normalized spacial score (nSPS) is 14.0. The number of amides is 2. The van der Waals surface area contributed by atoms with Crippen LogP contribution < -0.4 is 21.1 Å². The molecule has 0 bridgehead atoms. The molecule has 1 saturated heterocycles. The average molecular weight is 459 g/mol. The van der Waals surface area contributed by atoms with Gasteiger partial charge in [-0.3, -0.25) is 14.4 Å². The van der Waals surface area contributed by atoms with Gasteiger partial charge in [0.15, 0.2) is 0 Å². The largest absolute Gasteiger partial charge is 0.372 e. The summed E-state index contributed by atoms with van der Waals surface area (Å²) in [6.07, 6.45) is 4.06. The minimum absolute atomic E-state index is 0.0742. The van der Waals surface area contributed by atoms with Gasteiger partial charge in [0.05, 0.1) is 0 Å².